The number of aromatic nitrogens is 2. The van der Waals surface area contributed by atoms with Gasteiger partial charge in [-0.05, 0) is 0 Å². The number of hydrogen-bond donors (Lipinski definition) is 1. The number of imidazole rings is 1. The van der Waals surface area contributed by atoms with Gasteiger partial charge in [-0.25, -0.2) is 4.98 Å². The first-order valence-electron chi connectivity index (χ1n) is 4.12. The van der Waals surface area contributed by atoms with Crippen LogP contribution < -0.4 is 5.32 Å². The van der Waals surface area contributed by atoms with Gasteiger partial charge in [0.2, 0.25) is 5.91 Å². The molecule has 0 aromatic carbocycles. The van der Waals surface area contributed by atoms with Crippen LogP contribution in [0.5, 0.6) is 0 Å². The first-order valence-corrected chi connectivity index (χ1v) is 4.12. The van der Waals surface area contributed by atoms with Gasteiger partial charge in [-0.2, -0.15) is 0 Å². The fourth-order valence-electron chi connectivity index (χ4n) is 0.969. The SMILES string of the molecule is C=CCNC(=O)Cn1ccnc1C=O. The fourth-order valence-corrected chi connectivity index (χ4v) is 0.969. The number of amides is 1. The minimum atomic E-state index is -0.175. The highest BCUT2D eigenvalue weighted by Crippen LogP contribution is 1.93. The van der Waals surface area contributed by atoms with Crippen LogP contribution in [0.3, 0.4) is 0 Å². The lowest BCUT2D eigenvalue weighted by atomic mass is 10.5. The van der Waals surface area contributed by atoms with Crippen LogP contribution in [-0.4, -0.2) is 28.3 Å². The Hall–Kier alpha value is -1.91. The summed E-state index contributed by atoms with van der Waals surface area (Å²) in [4.78, 5) is 25.4. The minimum absolute atomic E-state index is 0.0991. The molecule has 0 saturated heterocycles. The van der Waals surface area contributed by atoms with Gasteiger partial charge in [-0.3, -0.25) is 9.59 Å². The molecule has 5 heteroatoms. The third-order valence-electron chi connectivity index (χ3n) is 1.61. The summed E-state index contributed by atoms with van der Waals surface area (Å²) in [5.74, 6) is 0.0738. The zero-order valence-electron chi connectivity index (χ0n) is 7.64. The second-order valence-electron chi connectivity index (χ2n) is 2.62. The van der Waals surface area contributed by atoms with Crippen LogP contribution in [0, 0.1) is 0 Å². The molecule has 0 saturated carbocycles. The molecule has 0 unspecified atom stereocenters. The quantitative estimate of drug-likeness (QED) is 0.528. The first-order chi connectivity index (χ1) is 6.77. The molecule has 0 radical (unpaired) electrons. The van der Waals surface area contributed by atoms with E-state index in [1.165, 1.54) is 10.8 Å². The Morgan fingerprint density at radius 1 is 1.71 bits per heavy atom. The maximum absolute atomic E-state index is 11.2. The molecule has 1 aromatic heterocycles. The van der Waals surface area contributed by atoms with Gasteiger partial charge in [0.25, 0.3) is 0 Å². The van der Waals surface area contributed by atoms with Gasteiger partial charge >= 0.3 is 0 Å². The van der Waals surface area contributed by atoms with Crippen LogP contribution in [-0.2, 0) is 11.3 Å². The van der Waals surface area contributed by atoms with E-state index in [9.17, 15) is 9.59 Å². The average Bonchev–Trinajstić information content (AvgIpc) is 2.62. The summed E-state index contributed by atoms with van der Waals surface area (Å²) < 4.78 is 1.48. The van der Waals surface area contributed by atoms with Gasteiger partial charge in [0.15, 0.2) is 12.1 Å². The molecule has 0 bridgehead atoms. The molecular weight excluding hydrogens is 182 g/mol. The lowest BCUT2D eigenvalue weighted by Crippen LogP contribution is -2.27. The number of carbonyl (C=O) groups is 2. The van der Waals surface area contributed by atoms with Crippen molar-refractivity contribution in [2.75, 3.05) is 6.54 Å². The molecule has 0 aliphatic carbocycles. The van der Waals surface area contributed by atoms with Crippen molar-refractivity contribution in [3.05, 3.63) is 30.9 Å². The number of rotatable bonds is 5. The Bertz CT molecular complexity index is 344. The van der Waals surface area contributed by atoms with Crippen molar-refractivity contribution in [3.63, 3.8) is 0 Å². The summed E-state index contributed by atoms with van der Waals surface area (Å²) in [5.41, 5.74) is 0. The Morgan fingerprint density at radius 3 is 3.14 bits per heavy atom. The summed E-state index contributed by atoms with van der Waals surface area (Å²) in [6.07, 6.45) is 5.26. The molecule has 1 amide bonds. The van der Waals surface area contributed by atoms with Crippen molar-refractivity contribution in [3.8, 4) is 0 Å². The predicted molar refractivity (Wildman–Crippen MR) is 50.8 cm³/mol. The van der Waals surface area contributed by atoms with E-state index in [-0.39, 0.29) is 18.3 Å². The molecule has 14 heavy (non-hydrogen) atoms. The molecule has 5 nitrogen and oxygen atoms in total. The number of nitrogens with one attached hydrogen (secondary N) is 1. The second kappa shape index (κ2) is 4.96. The van der Waals surface area contributed by atoms with E-state index >= 15 is 0 Å². The predicted octanol–water partition coefficient (Wildman–Crippen LogP) is -0.00220. The third kappa shape index (κ3) is 2.55. The average molecular weight is 193 g/mol. The van der Waals surface area contributed by atoms with Crippen molar-refractivity contribution in [1.29, 1.82) is 0 Å². The smallest absolute Gasteiger partial charge is 0.240 e. The summed E-state index contributed by atoms with van der Waals surface area (Å²) in [6.45, 7) is 3.99. The topological polar surface area (TPSA) is 64.0 Å². The van der Waals surface area contributed by atoms with Crippen molar-refractivity contribution >= 4 is 12.2 Å². The molecule has 0 fully saturated rings. The Kier molecular flexibility index (Phi) is 3.60. The zero-order valence-corrected chi connectivity index (χ0v) is 7.64. The largest absolute Gasteiger partial charge is 0.351 e. The van der Waals surface area contributed by atoms with Crippen LogP contribution in [0.15, 0.2) is 25.0 Å². The maximum atomic E-state index is 11.2. The van der Waals surface area contributed by atoms with Crippen LogP contribution >= 0.6 is 0 Å². The molecule has 74 valence electrons. The summed E-state index contributed by atoms with van der Waals surface area (Å²) in [6, 6.07) is 0. The van der Waals surface area contributed by atoms with Crippen LogP contribution in [0.1, 0.15) is 10.6 Å². The molecule has 1 N–H and O–H groups in total. The molecule has 1 heterocycles. The van der Waals surface area contributed by atoms with Gasteiger partial charge in [0, 0.05) is 18.9 Å². The van der Waals surface area contributed by atoms with E-state index in [2.05, 4.69) is 16.9 Å². The van der Waals surface area contributed by atoms with Crippen LogP contribution in [0.4, 0.5) is 0 Å². The van der Waals surface area contributed by atoms with E-state index in [1.807, 2.05) is 0 Å². The monoisotopic (exact) mass is 193 g/mol. The van der Waals surface area contributed by atoms with E-state index in [0.29, 0.717) is 12.8 Å². The summed E-state index contributed by atoms with van der Waals surface area (Å²) >= 11 is 0. The molecule has 1 aromatic rings. The normalized spacial score (nSPS) is 9.43. The maximum Gasteiger partial charge on any atom is 0.240 e. The van der Waals surface area contributed by atoms with Crippen molar-refractivity contribution in [1.82, 2.24) is 14.9 Å². The summed E-state index contributed by atoms with van der Waals surface area (Å²) in [7, 11) is 0. The first kappa shape index (κ1) is 10.2. The Balaban J connectivity index is 2.55. The van der Waals surface area contributed by atoms with Gasteiger partial charge < -0.3 is 9.88 Å². The highest BCUT2D eigenvalue weighted by Gasteiger charge is 2.05. The van der Waals surface area contributed by atoms with E-state index < -0.39 is 0 Å². The van der Waals surface area contributed by atoms with Gasteiger partial charge in [0.05, 0.1) is 0 Å². The second-order valence-corrected chi connectivity index (χ2v) is 2.62. The van der Waals surface area contributed by atoms with E-state index in [1.54, 1.807) is 12.3 Å². The number of nitrogens with zero attached hydrogens (tertiary/aromatic N) is 2. The van der Waals surface area contributed by atoms with E-state index in [4.69, 9.17) is 0 Å². The Morgan fingerprint density at radius 2 is 2.50 bits per heavy atom. The fraction of sp³-hybridized carbons (Fsp3) is 0.222. The standard InChI is InChI=1S/C9H11N3O2/c1-2-3-11-9(14)6-12-5-4-10-8(12)7-13/h2,4-5,7H,1,3,6H2,(H,11,14). The molecule has 1 rings (SSSR count). The van der Waals surface area contributed by atoms with Gasteiger partial charge in [0.1, 0.15) is 6.54 Å². The summed E-state index contributed by atoms with van der Waals surface area (Å²) in [5, 5.41) is 2.60. The van der Waals surface area contributed by atoms with Gasteiger partial charge in [-0.1, -0.05) is 6.08 Å². The lowest BCUT2D eigenvalue weighted by Gasteiger charge is -2.03. The third-order valence-corrected chi connectivity index (χ3v) is 1.61. The lowest BCUT2D eigenvalue weighted by molar-refractivity contribution is -0.121. The minimum Gasteiger partial charge on any atom is -0.351 e. The highest BCUT2D eigenvalue weighted by molar-refractivity contribution is 5.77. The molecule has 0 aliphatic heterocycles. The zero-order chi connectivity index (χ0) is 10.4. The van der Waals surface area contributed by atoms with Crippen LogP contribution in [0.25, 0.3) is 0 Å². The van der Waals surface area contributed by atoms with Gasteiger partial charge in [-0.15, -0.1) is 6.58 Å². The number of hydrogen-bond acceptors (Lipinski definition) is 3. The van der Waals surface area contributed by atoms with Crippen LogP contribution in [0.2, 0.25) is 0 Å². The number of aldehydes is 1. The molecule has 0 atom stereocenters. The molecular formula is C9H11N3O2. The highest BCUT2D eigenvalue weighted by atomic mass is 16.2. The van der Waals surface area contributed by atoms with Crippen molar-refractivity contribution < 1.29 is 9.59 Å². The Labute approximate surface area is 81.4 Å². The number of carbonyl (C=O) groups excluding carboxylic acids is 2. The molecule has 0 spiro atoms. The van der Waals surface area contributed by atoms with E-state index in [0.717, 1.165) is 0 Å². The molecule has 0 aliphatic rings. The van der Waals surface area contributed by atoms with Crippen molar-refractivity contribution in [2.45, 2.75) is 6.54 Å². The van der Waals surface area contributed by atoms with Crippen molar-refractivity contribution in [2.24, 2.45) is 0 Å².